The normalized spacial score (nSPS) is 63.2. The summed E-state index contributed by atoms with van der Waals surface area (Å²) in [5, 5.41) is 24.1. The average Bonchev–Trinajstić information content (AvgIpc) is 2.87. The molecule has 196 valence electrons. The van der Waals surface area contributed by atoms with Gasteiger partial charge in [-0.3, -0.25) is 0 Å². The molecule has 9 saturated carbocycles. The molecular weight excluding hydrogens is 448 g/mol. The van der Waals surface area contributed by atoms with Crippen molar-refractivity contribution >= 4 is 11.9 Å². The van der Waals surface area contributed by atoms with Gasteiger partial charge in [0.05, 0.1) is 0 Å². The molecule has 0 aliphatic heterocycles. The van der Waals surface area contributed by atoms with Gasteiger partial charge >= 0.3 is 0 Å². The summed E-state index contributed by atoms with van der Waals surface area (Å²) in [4.78, 5) is 24.1. The lowest BCUT2D eigenvalue weighted by Crippen LogP contribution is -2.70. The van der Waals surface area contributed by atoms with Gasteiger partial charge in [0.1, 0.15) is 0 Å². The molecule has 12 unspecified atom stereocenters. The second-order valence-electron chi connectivity index (χ2n) is 15.8. The highest BCUT2D eigenvalue weighted by molar-refractivity contribution is 5.68. The third-order valence-corrected chi connectivity index (χ3v) is 15.2. The Labute approximate surface area is 215 Å². The fraction of sp³-hybridized carbons (Fsp3) is 0.938. The Morgan fingerprint density at radius 1 is 0.361 bits per heavy atom. The van der Waals surface area contributed by atoms with Crippen molar-refractivity contribution in [3.05, 3.63) is 0 Å². The fourth-order valence-corrected chi connectivity index (χ4v) is 15.1. The number of carboxylic acid groups (broad SMARTS) is 2. The van der Waals surface area contributed by atoms with Crippen LogP contribution in [0.2, 0.25) is 0 Å². The van der Waals surface area contributed by atoms with Crippen LogP contribution in [0.3, 0.4) is 0 Å². The van der Waals surface area contributed by atoms with Gasteiger partial charge in [-0.25, -0.2) is 0 Å². The van der Waals surface area contributed by atoms with Gasteiger partial charge in [-0.15, -0.1) is 0 Å². The van der Waals surface area contributed by atoms with E-state index in [1.165, 1.54) is 51.4 Å². The van der Waals surface area contributed by atoms with Crippen molar-refractivity contribution in [2.75, 3.05) is 0 Å². The SMILES string of the molecule is O=C([O-])C1CC2CC3CCC4CC5CC(C(=O)[O-])CC6CC7CCC8CC(C1)C2C1C3C4C(C56)C7C81. The molecule has 0 aromatic carbocycles. The van der Waals surface area contributed by atoms with Crippen molar-refractivity contribution in [3.8, 4) is 0 Å². The van der Waals surface area contributed by atoms with E-state index in [-0.39, 0.29) is 11.8 Å². The minimum atomic E-state index is -0.766. The van der Waals surface area contributed by atoms with E-state index in [9.17, 15) is 19.8 Å². The Kier molecular flexibility index (Phi) is 4.44. The number of hydrogen-bond donors (Lipinski definition) is 0. The van der Waals surface area contributed by atoms with Gasteiger partial charge in [0, 0.05) is 11.9 Å². The molecule has 12 atom stereocenters. The summed E-state index contributed by atoms with van der Waals surface area (Å²) in [6.45, 7) is 0. The van der Waals surface area contributed by atoms with E-state index in [1.54, 1.807) is 0 Å². The predicted octanol–water partition coefficient (Wildman–Crippen LogP) is 3.38. The van der Waals surface area contributed by atoms with Crippen LogP contribution in [0.1, 0.15) is 77.0 Å². The predicted molar refractivity (Wildman–Crippen MR) is 128 cm³/mol. The fourth-order valence-electron chi connectivity index (χ4n) is 15.1. The molecule has 9 aliphatic carbocycles. The van der Waals surface area contributed by atoms with Gasteiger partial charge in [-0.2, -0.15) is 0 Å². The number of rotatable bonds is 2. The zero-order valence-electron chi connectivity index (χ0n) is 21.5. The molecule has 0 N–H and O–H groups in total. The van der Waals surface area contributed by atoms with E-state index in [4.69, 9.17) is 0 Å². The summed E-state index contributed by atoms with van der Waals surface area (Å²) in [6.07, 6.45) is 14.3. The average molecular weight is 491 g/mol. The van der Waals surface area contributed by atoms with Crippen LogP contribution in [0.25, 0.3) is 0 Å². The van der Waals surface area contributed by atoms with Crippen LogP contribution in [0, 0.1) is 107 Å². The minimum absolute atomic E-state index is 0.196. The van der Waals surface area contributed by atoms with Gasteiger partial charge in [0.25, 0.3) is 0 Å². The van der Waals surface area contributed by atoms with Crippen LogP contribution in [-0.2, 0) is 9.59 Å². The standard InChI is InChI=1S/C32H44O4/c33-31(34)21-9-17-5-13-1-2-14-6-18-10-22(32(35)36)12-20-8-16-4-3-15-7-19(11-21)23(17)29-25(13)26(14)30(24(18)20)28(16)27(15)29/h13-30H,1-12H2,(H,33,34)(H,35,36)/p-2. The summed E-state index contributed by atoms with van der Waals surface area (Å²) in [6, 6.07) is 0. The van der Waals surface area contributed by atoms with Crippen molar-refractivity contribution in [1.82, 2.24) is 0 Å². The molecule has 9 rings (SSSR count). The summed E-state index contributed by atoms with van der Waals surface area (Å²) in [5.41, 5.74) is 0. The molecule has 0 radical (unpaired) electrons. The maximum atomic E-state index is 12.0. The quantitative estimate of drug-likeness (QED) is 0.594. The van der Waals surface area contributed by atoms with Gasteiger partial charge in [-0.05, 0) is 184 Å². The zero-order valence-corrected chi connectivity index (χ0v) is 21.5. The molecule has 4 nitrogen and oxygen atoms in total. The first-order valence-electron chi connectivity index (χ1n) is 15.9. The zero-order chi connectivity index (χ0) is 24.0. The molecule has 0 aromatic rings. The molecule has 0 aromatic heterocycles. The Balaban J connectivity index is 1.16. The van der Waals surface area contributed by atoms with Crippen molar-refractivity contribution in [2.45, 2.75) is 77.0 Å². The highest BCUT2D eigenvalue weighted by Gasteiger charge is 2.71. The van der Waals surface area contributed by atoms with Crippen molar-refractivity contribution in [2.24, 2.45) is 107 Å². The van der Waals surface area contributed by atoms with Gasteiger partial charge in [0.15, 0.2) is 0 Å². The number of carbonyl (C=O) groups excluding carboxylic acids is 2. The maximum Gasteiger partial charge on any atom is 0.0445 e. The van der Waals surface area contributed by atoms with E-state index in [2.05, 4.69) is 0 Å². The van der Waals surface area contributed by atoms with Gasteiger partial charge in [0.2, 0.25) is 0 Å². The summed E-state index contributed by atoms with van der Waals surface area (Å²) in [5.74, 6) is 10.9. The molecule has 0 bridgehead atoms. The molecule has 0 heterocycles. The monoisotopic (exact) mass is 490 g/mol. The van der Waals surface area contributed by atoms with Crippen molar-refractivity contribution in [1.29, 1.82) is 0 Å². The molecule has 4 heteroatoms. The Morgan fingerprint density at radius 2 is 0.639 bits per heavy atom. The summed E-state index contributed by atoms with van der Waals surface area (Å²) < 4.78 is 0. The van der Waals surface area contributed by atoms with E-state index < -0.39 is 11.9 Å². The first kappa shape index (κ1) is 21.8. The van der Waals surface area contributed by atoms with Crippen molar-refractivity contribution in [3.63, 3.8) is 0 Å². The van der Waals surface area contributed by atoms with Crippen LogP contribution in [0.5, 0.6) is 0 Å². The number of aliphatic carboxylic acids is 2. The molecule has 36 heavy (non-hydrogen) atoms. The molecule has 9 fully saturated rings. The topological polar surface area (TPSA) is 80.3 Å². The molecular formula is C32H42O4-2. The number of hydrogen-bond acceptors (Lipinski definition) is 4. The Bertz CT molecular complexity index is 853. The second-order valence-corrected chi connectivity index (χ2v) is 15.8. The van der Waals surface area contributed by atoms with Crippen LogP contribution in [0.4, 0.5) is 0 Å². The van der Waals surface area contributed by atoms with Crippen LogP contribution >= 0.6 is 0 Å². The number of carboxylic acids is 2. The lowest BCUT2D eigenvalue weighted by Gasteiger charge is -2.75. The smallest absolute Gasteiger partial charge is 0.0445 e. The Morgan fingerprint density at radius 3 is 0.889 bits per heavy atom. The first-order valence-corrected chi connectivity index (χ1v) is 15.9. The van der Waals surface area contributed by atoms with E-state index in [0.717, 1.165) is 96.7 Å². The first-order chi connectivity index (χ1) is 17.5. The Hall–Kier alpha value is -1.06. The van der Waals surface area contributed by atoms with Crippen LogP contribution < -0.4 is 10.2 Å². The van der Waals surface area contributed by atoms with Gasteiger partial charge < -0.3 is 19.8 Å². The van der Waals surface area contributed by atoms with E-state index in [0.29, 0.717) is 23.7 Å². The molecule has 9 aliphatic rings. The minimum Gasteiger partial charge on any atom is -0.550 e. The lowest BCUT2D eigenvalue weighted by molar-refractivity contribution is -0.321. The largest absolute Gasteiger partial charge is 0.550 e. The highest BCUT2D eigenvalue weighted by atomic mass is 16.4. The molecule has 0 amide bonds. The highest BCUT2D eigenvalue weighted by Crippen LogP contribution is 2.77. The van der Waals surface area contributed by atoms with Crippen LogP contribution in [0.15, 0.2) is 0 Å². The van der Waals surface area contributed by atoms with Crippen LogP contribution in [-0.4, -0.2) is 11.9 Å². The maximum absolute atomic E-state index is 12.0. The van der Waals surface area contributed by atoms with E-state index in [1.807, 2.05) is 0 Å². The molecule has 0 saturated heterocycles. The third kappa shape index (κ3) is 2.63. The lowest BCUT2D eigenvalue weighted by atomic mass is 9.29. The summed E-state index contributed by atoms with van der Waals surface area (Å²) in [7, 11) is 0. The molecule has 0 spiro atoms. The number of carbonyl (C=O) groups is 2. The van der Waals surface area contributed by atoms with E-state index >= 15 is 0 Å². The van der Waals surface area contributed by atoms with Gasteiger partial charge in [-0.1, -0.05) is 0 Å². The summed E-state index contributed by atoms with van der Waals surface area (Å²) >= 11 is 0. The second kappa shape index (κ2) is 7.32. The van der Waals surface area contributed by atoms with Crippen molar-refractivity contribution < 1.29 is 19.8 Å². The third-order valence-electron chi connectivity index (χ3n) is 15.2.